The molecule has 3 rings (SSSR count). The minimum absolute atomic E-state index is 0.0425. The lowest BCUT2D eigenvalue weighted by Gasteiger charge is -2.06. The monoisotopic (exact) mass is 370 g/mol. The lowest BCUT2D eigenvalue weighted by atomic mass is 10.1. The molecule has 134 valence electrons. The largest absolute Gasteiger partial charge is 0.504 e. The summed E-state index contributed by atoms with van der Waals surface area (Å²) in [7, 11) is 1.47. The van der Waals surface area contributed by atoms with Gasteiger partial charge in [0.1, 0.15) is 0 Å². The van der Waals surface area contributed by atoms with Crippen LogP contribution < -0.4 is 10.2 Å². The third-order valence-corrected chi connectivity index (χ3v) is 4.77. The van der Waals surface area contributed by atoms with E-state index in [1.807, 2.05) is 19.1 Å². The van der Waals surface area contributed by atoms with Gasteiger partial charge in [-0.2, -0.15) is 10.2 Å². The summed E-state index contributed by atoms with van der Waals surface area (Å²) >= 11 is 1.62. The third kappa shape index (κ3) is 3.75. The molecular formula is C18H18N4O3S. The first-order valence-corrected chi connectivity index (χ1v) is 8.64. The Hall–Kier alpha value is -3.13. The first-order valence-electron chi connectivity index (χ1n) is 7.82. The van der Waals surface area contributed by atoms with E-state index in [2.05, 4.69) is 20.7 Å². The zero-order valence-corrected chi connectivity index (χ0v) is 15.3. The molecule has 0 radical (unpaired) electrons. The number of aromatic hydroxyl groups is 1. The summed E-state index contributed by atoms with van der Waals surface area (Å²) in [6.45, 7) is 3.77. The Morgan fingerprint density at radius 1 is 1.31 bits per heavy atom. The number of phenolic OH excluding ortho intramolecular Hbond substituents is 1. The lowest BCUT2D eigenvalue weighted by molar-refractivity contribution is 0.0950. The number of carbonyl (C=O) groups is 1. The highest BCUT2D eigenvalue weighted by atomic mass is 32.1. The summed E-state index contributed by atoms with van der Waals surface area (Å²) < 4.78 is 5.07. The molecule has 0 bridgehead atoms. The minimum Gasteiger partial charge on any atom is -0.504 e. The summed E-state index contributed by atoms with van der Waals surface area (Å²) in [6, 6.07) is 10.5. The maximum Gasteiger partial charge on any atom is 0.291 e. The van der Waals surface area contributed by atoms with Gasteiger partial charge in [-0.1, -0.05) is 0 Å². The summed E-state index contributed by atoms with van der Waals surface area (Å²) in [4.78, 5) is 14.4. The van der Waals surface area contributed by atoms with E-state index in [-0.39, 0.29) is 11.4 Å². The Labute approximate surface area is 154 Å². The first kappa shape index (κ1) is 17.7. The average molecular weight is 370 g/mol. The van der Waals surface area contributed by atoms with Crippen LogP contribution in [0.3, 0.4) is 0 Å². The molecule has 0 unspecified atom stereocenters. The fraction of sp³-hybridized carbons (Fsp3) is 0.167. The first-order chi connectivity index (χ1) is 12.5. The van der Waals surface area contributed by atoms with E-state index in [4.69, 9.17) is 4.74 Å². The molecule has 0 spiro atoms. The van der Waals surface area contributed by atoms with Gasteiger partial charge in [0.25, 0.3) is 5.91 Å². The summed E-state index contributed by atoms with van der Waals surface area (Å²) in [6.07, 6.45) is 0. The Bertz CT molecular complexity index is 974. The molecule has 0 aliphatic carbocycles. The second-order valence-corrected chi connectivity index (χ2v) is 6.89. The number of nitrogens with one attached hydrogen (secondary N) is 2. The van der Waals surface area contributed by atoms with Gasteiger partial charge in [0.15, 0.2) is 17.2 Å². The minimum atomic E-state index is -0.411. The summed E-state index contributed by atoms with van der Waals surface area (Å²) in [5.41, 5.74) is 4.82. The number of hydrogen-bond donors (Lipinski definition) is 3. The van der Waals surface area contributed by atoms with Crippen molar-refractivity contribution in [3.05, 3.63) is 52.5 Å². The van der Waals surface area contributed by atoms with E-state index in [9.17, 15) is 9.90 Å². The topological polar surface area (TPSA) is 99.6 Å². The number of H-pyrrole nitrogens is 1. The van der Waals surface area contributed by atoms with Crippen LogP contribution in [-0.4, -0.2) is 34.0 Å². The van der Waals surface area contributed by atoms with Gasteiger partial charge in [0, 0.05) is 10.4 Å². The molecule has 0 aliphatic heterocycles. The number of phenols is 1. The molecule has 26 heavy (non-hydrogen) atoms. The number of methoxy groups -OCH3 is 1. The van der Waals surface area contributed by atoms with E-state index in [0.717, 1.165) is 16.1 Å². The number of rotatable bonds is 5. The van der Waals surface area contributed by atoms with Gasteiger partial charge >= 0.3 is 0 Å². The maximum absolute atomic E-state index is 12.2. The van der Waals surface area contributed by atoms with Crippen LogP contribution in [-0.2, 0) is 0 Å². The molecule has 2 aromatic heterocycles. The van der Waals surface area contributed by atoms with Crippen LogP contribution in [0.2, 0.25) is 0 Å². The standard InChI is InChI=1S/C18H18N4O3S/c1-10-4-7-17(26-10)13-9-14(21-20-13)18(24)22-19-11(2)12-5-6-15(23)16(8-12)25-3/h4-9,23H,1-3H3,(H,20,21)(H,22,24). The molecule has 1 aromatic carbocycles. The SMILES string of the molecule is COc1cc(C(C)=NNC(=O)c2cc(-c3ccc(C)s3)[nH]n2)ccc1O. The van der Waals surface area contributed by atoms with Crippen LogP contribution in [0.5, 0.6) is 11.5 Å². The molecular weight excluding hydrogens is 352 g/mol. The highest BCUT2D eigenvalue weighted by Gasteiger charge is 2.12. The number of ether oxygens (including phenoxy) is 1. The highest BCUT2D eigenvalue weighted by molar-refractivity contribution is 7.15. The molecule has 7 nitrogen and oxygen atoms in total. The zero-order chi connectivity index (χ0) is 18.7. The van der Waals surface area contributed by atoms with E-state index >= 15 is 0 Å². The predicted molar refractivity (Wildman–Crippen MR) is 101 cm³/mol. The van der Waals surface area contributed by atoms with Gasteiger partial charge < -0.3 is 9.84 Å². The third-order valence-electron chi connectivity index (χ3n) is 3.74. The van der Waals surface area contributed by atoms with Crippen molar-refractivity contribution in [3.63, 3.8) is 0 Å². The number of nitrogens with zero attached hydrogens (tertiary/aromatic N) is 2. The van der Waals surface area contributed by atoms with Crippen molar-refractivity contribution < 1.29 is 14.6 Å². The highest BCUT2D eigenvalue weighted by Crippen LogP contribution is 2.27. The van der Waals surface area contributed by atoms with Gasteiger partial charge in [-0.15, -0.1) is 11.3 Å². The molecule has 2 heterocycles. The smallest absolute Gasteiger partial charge is 0.291 e. The van der Waals surface area contributed by atoms with E-state index in [1.165, 1.54) is 18.1 Å². The molecule has 0 saturated heterocycles. The summed E-state index contributed by atoms with van der Waals surface area (Å²) in [5.74, 6) is -0.0293. The number of amides is 1. The van der Waals surface area contributed by atoms with Crippen molar-refractivity contribution >= 4 is 23.0 Å². The Morgan fingerprint density at radius 2 is 2.12 bits per heavy atom. The van der Waals surface area contributed by atoms with Crippen LogP contribution >= 0.6 is 11.3 Å². The van der Waals surface area contributed by atoms with Crippen molar-refractivity contribution in [1.82, 2.24) is 15.6 Å². The number of hydrogen-bond acceptors (Lipinski definition) is 6. The second-order valence-electron chi connectivity index (χ2n) is 5.60. The summed E-state index contributed by atoms with van der Waals surface area (Å²) in [5, 5.41) is 20.6. The van der Waals surface area contributed by atoms with Gasteiger partial charge in [0.2, 0.25) is 0 Å². The number of aromatic amines is 1. The number of aryl methyl sites for hydroxylation is 1. The van der Waals surface area contributed by atoms with Crippen LogP contribution in [0, 0.1) is 6.92 Å². The van der Waals surface area contributed by atoms with Crippen LogP contribution in [0.25, 0.3) is 10.6 Å². The van der Waals surface area contributed by atoms with Crippen LogP contribution in [0.15, 0.2) is 41.5 Å². The van der Waals surface area contributed by atoms with Crippen LogP contribution in [0.1, 0.15) is 27.9 Å². The molecule has 0 fully saturated rings. The molecule has 1 amide bonds. The molecule has 0 atom stereocenters. The van der Waals surface area contributed by atoms with E-state index in [1.54, 1.807) is 36.5 Å². The average Bonchev–Trinajstić information content (AvgIpc) is 3.28. The predicted octanol–water partition coefficient (Wildman–Crippen LogP) is 3.31. The van der Waals surface area contributed by atoms with Gasteiger partial charge in [-0.3, -0.25) is 9.89 Å². The van der Waals surface area contributed by atoms with Crippen molar-refractivity contribution in [3.8, 4) is 22.1 Å². The van der Waals surface area contributed by atoms with Gasteiger partial charge in [-0.05, 0) is 50.2 Å². The fourth-order valence-electron chi connectivity index (χ4n) is 2.30. The lowest BCUT2D eigenvalue weighted by Crippen LogP contribution is -2.19. The van der Waals surface area contributed by atoms with Crippen molar-refractivity contribution in [2.45, 2.75) is 13.8 Å². The quantitative estimate of drug-likeness (QED) is 0.474. The number of thiophene rings is 1. The van der Waals surface area contributed by atoms with Gasteiger partial charge in [0.05, 0.1) is 23.4 Å². The second kappa shape index (κ2) is 7.40. The Kier molecular flexibility index (Phi) is 5.04. The Morgan fingerprint density at radius 3 is 2.81 bits per heavy atom. The molecule has 0 saturated carbocycles. The van der Waals surface area contributed by atoms with Crippen molar-refractivity contribution in [2.24, 2.45) is 5.10 Å². The number of benzene rings is 1. The number of carbonyl (C=O) groups excluding carboxylic acids is 1. The molecule has 8 heteroatoms. The number of hydrazone groups is 1. The fourth-order valence-corrected chi connectivity index (χ4v) is 3.14. The molecule has 3 N–H and O–H groups in total. The number of aromatic nitrogens is 2. The zero-order valence-electron chi connectivity index (χ0n) is 14.5. The van der Waals surface area contributed by atoms with E-state index in [0.29, 0.717) is 11.5 Å². The van der Waals surface area contributed by atoms with Gasteiger partial charge in [-0.25, -0.2) is 5.43 Å². The molecule has 3 aromatic rings. The van der Waals surface area contributed by atoms with Crippen molar-refractivity contribution in [1.29, 1.82) is 0 Å². The Balaban J connectivity index is 1.72. The van der Waals surface area contributed by atoms with Crippen LogP contribution in [0.4, 0.5) is 0 Å². The van der Waals surface area contributed by atoms with Crippen molar-refractivity contribution in [2.75, 3.05) is 7.11 Å². The maximum atomic E-state index is 12.2. The normalized spacial score (nSPS) is 11.4. The molecule has 0 aliphatic rings. The van der Waals surface area contributed by atoms with E-state index < -0.39 is 5.91 Å².